The molecule has 0 aliphatic carbocycles. The van der Waals surface area contributed by atoms with Gasteiger partial charge in [-0.1, -0.05) is 19.1 Å². The summed E-state index contributed by atoms with van der Waals surface area (Å²) in [5.74, 6) is -0.863. The Balaban J connectivity index is 1.62. The maximum atomic E-state index is 12.5. The number of rotatable bonds is 6. The number of aryl methyl sites for hydroxylation is 1. The number of esters is 1. The smallest absolute Gasteiger partial charge is 0.338 e. The third-order valence-electron chi connectivity index (χ3n) is 5.44. The molecule has 2 aromatic carbocycles. The molecule has 1 heterocycles. The van der Waals surface area contributed by atoms with Crippen molar-refractivity contribution < 1.29 is 19.2 Å². The molecule has 0 aromatic heterocycles. The van der Waals surface area contributed by atoms with Crippen molar-refractivity contribution >= 4 is 40.6 Å². The minimum atomic E-state index is -0.595. The average Bonchev–Trinajstić information content (AvgIpc) is 2.83. The van der Waals surface area contributed by atoms with Crippen molar-refractivity contribution in [3.8, 4) is 0 Å². The molecule has 1 amide bonds. The Morgan fingerprint density at radius 1 is 1.06 bits per heavy atom. The van der Waals surface area contributed by atoms with Crippen LogP contribution in [0.25, 0.3) is 0 Å². The quantitative estimate of drug-likeness (QED) is 0.297. The molecular weight excluding hydrogens is 444 g/mol. The van der Waals surface area contributed by atoms with E-state index in [0.717, 1.165) is 12.0 Å². The van der Waals surface area contributed by atoms with E-state index in [0.29, 0.717) is 42.5 Å². The van der Waals surface area contributed by atoms with Gasteiger partial charge in [-0.3, -0.25) is 20.2 Å². The maximum absolute atomic E-state index is 12.5. The summed E-state index contributed by atoms with van der Waals surface area (Å²) in [5.41, 5.74) is 2.10. The van der Waals surface area contributed by atoms with Gasteiger partial charge in [0.25, 0.3) is 11.6 Å². The molecule has 0 radical (unpaired) electrons. The highest BCUT2D eigenvalue weighted by Crippen LogP contribution is 2.30. The van der Waals surface area contributed by atoms with E-state index in [2.05, 4.69) is 5.32 Å². The number of carbonyl (C=O) groups excluding carboxylic acids is 2. The van der Waals surface area contributed by atoms with Gasteiger partial charge in [-0.2, -0.15) is 0 Å². The zero-order valence-electron chi connectivity index (χ0n) is 18.6. The fourth-order valence-corrected chi connectivity index (χ4v) is 3.84. The van der Waals surface area contributed by atoms with Crippen LogP contribution in [-0.2, 0) is 11.2 Å². The first-order valence-corrected chi connectivity index (χ1v) is 11.1. The van der Waals surface area contributed by atoms with Crippen LogP contribution in [0.4, 0.5) is 11.4 Å². The topological polar surface area (TPSA) is 105 Å². The van der Waals surface area contributed by atoms with Gasteiger partial charge in [0.15, 0.2) is 5.11 Å². The van der Waals surface area contributed by atoms with Gasteiger partial charge in [0.1, 0.15) is 5.69 Å². The summed E-state index contributed by atoms with van der Waals surface area (Å²) in [6.07, 6.45) is 0.897. The van der Waals surface area contributed by atoms with Gasteiger partial charge in [0, 0.05) is 37.8 Å². The molecule has 1 aliphatic heterocycles. The van der Waals surface area contributed by atoms with Crippen LogP contribution in [0.15, 0.2) is 42.5 Å². The second-order valence-corrected chi connectivity index (χ2v) is 7.85. The Bertz CT molecular complexity index is 1050. The third-order valence-corrected chi connectivity index (χ3v) is 5.80. The molecule has 1 N–H and O–H groups in total. The molecule has 33 heavy (non-hydrogen) atoms. The Labute approximate surface area is 197 Å². The van der Waals surface area contributed by atoms with Crippen LogP contribution in [0.3, 0.4) is 0 Å². The summed E-state index contributed by atoms with van der Waals surface area (Å²) in [7, 11) is 0. The highest BCUT2D eigenvalue weighted by atomic mass is 32.1. The molecule has 1 saturated heterocycles. The zero-order valence-corrected chi connectivity index (χ0v) is 19.4. The van der Waals surface area contributed by atoms with Crippen molar-refractivity contribution in [2.75, 3.05) is 37.7 Å². The summed E-state index contributed by atoms with van der Waals surface area (Å²) in [6, 6.07) is 11.7. The fourth-order valence-electron chi connectivity index (χ4n) is 3.57. The summed E-state index contributed by atoms with van der Waals surface area (Å²) in [5, 5.41) is 14.7. The van der Waals surface area contributed by atoms with Crippen molar-refractivity contribution in [2.24, 2.45) is 0 Å². The van der Waals surface area contributed by atoms with Gasteiger partial charge in [0.2, 0.25) is 0 Å². The first-order chi connectivity index (χ1) is 15.8. The van der Waals surface area contributed by atoms with Crippen LogP contribution in [0.1, 0.15) is 40.1 Å². The number of anilines is 1. The molecule has 174 valence electrons. The molecule has 0 unspecified atom stereocenters. The molecular formula is C23H26N4O5S. The van der Waals surface area contributed by atoms with E-state index in [1.54, 1.807) is 25.1 Å². The lowest BCUT2D eigenvalue weighted by Crippen LogP contribution is -2.52. The Morgan fingerprint density at radius 3 is 2.27 bits per heavy atom. The first-order valence-electron chi connectivity index (χ1n) is 10.7. The maximum Gasteiger partial charge on any atom is 0.338 e. The molecule has 1 aliphatic rings. The number of carbonyl (C=O) groups is 2. The number of amides is 1. The van der Waals surface area contributed by atoms with Crippen LogP contribution < -0.4 is 10.2 Å². The van der Waals surface area contributed by atoms with Crippen molar-refractivity contribution in [3.63, 3.8) is 0 Å². The molecule has 0 spiro atoms. The SMILES string of the molecule is CCOC(=O)c1ccc(N2CCN(C(=S)NC(=O)c3ccc(CC)cc3)CC2)c([N+](=O)[O-])c1. The molecule has 0 bridgehead atoms. The minimum absolute atomic E-state index is 0.141. The number of nitro groups is 1. The number of ether oxygens (including phenoxy) is 1. The van der Waals surface area contributed by atoms with Crippen molar-refractivity contribution in [2.45, 2.75) is 20.3 Å². The Morgan fingerprint density at radius 2 is 1.70 bits per heavy atom. The highest BCUT2D eigenvalue weighted by molar-refractivity contribution is 7.80. The van der Waals surface area contributed by atoms with Crippen molar-refractivity contribution in [1.82, 2.24) is 10.2 Å². The van der Waals surface area contributed by atoms with E-state index in [-0.39, 0.29) is 23.8 Å². The van der Waals surface area contributed by atoms with E-state index < -0.39 is 10.9 Å². The monoisotopic (exact) mass is 470 g/mol. The number of piperazine rings is 1. The summed E-state index contributed by atoms with van der Waals surface area (Å²) in [6.45, 7) is 5.84. The largest absolute Gasteiger partial charge is 0.462 e. The van der Waals surface area contributed by atoms with E-state index in [9.17, 15) is 19.7 Å². The molecule has 9 nitrogen and oxygen atoms in total. The minimum Gasteiger partial charge on any atom is -0.462 e. The van der Waals surface area contributed by atoms with Gasteiger partial charge >= 0.3 is 5.97 Å². The van der Waals surface area contributed by atoms with E-state index in [4.69, 9.17) is 17.0 Å². The second-order valence-electron chi connectivity index (χ2n) is 7.46. The van der Waals surface area contributed by atoms with Crippen molar-refractivity contribution in [1.29, 1.82) is 0 Å². The van der Waals surface area contributed by atoms with Gasteiger partial charge < -0.3 is 14.5 Å². The van der Waals surface area contributed by atoms with Crippen LogP contribution in [-0.4, -0.2) is 59.6 Å². The molecule has 2 aromatic rings. The Hall–Kier alpha value is -3.53. The molecule has 10 heteroatoms. The summed E-state index contributed by atoms with van der Waals surface area (Å²) >= 11 is 5.41. The van der Waals surface area contributed by atoms with E-state index >= 15 is 0 Å². The Kier molecular flexibility index (Phi) is 7.94. The normalized spacial score (nSPS) is 13.4. The van der Waals surface area contributed by atoms with Crippen molar-refractivity contribution in [3.05, 3.63) is 69.3 Å². The third kappa shape index (κ3) is 5.83. The number of nitro benzene ring substituents is 1. The number of thiocarbonyl (C=S) groups is 1. The predicted octanol–water partition coefficient (Wildman–Crippen LogP) is 3.17. The number of nitrogens with one attached hydrogen (secondary N) is 1. The zero-order chi connectivity index (χ0) is 24.0. The van der Waals surface area contributed by atoms with Crippen LogP contribution in [0.2, 0.25) is 0 Å². The van der Waals surface area contributed by atoms with E-state index in [1.807, 2.05) is 28.9 Å². The number of hydrogen-bond donors (Lipinski definition) is 1. The lowest BCUT2D eigenvalue weighted by molar-refractivity contribution is -0.384. The van der Waals surface area contributed by atoms with Gasteiger partial charge in [-0.25, -0.2) is 4.79 Å². The second kappa shape index (κ2) is 10.9. The molecule has 1 fully saturated rings. The average molecular weight is 471 g/mol. The van der Waals surface area contributed by atoms with Crippen LogP contribution >= 0.6 is 12.2 Å². The fraction of sp³-hybridized carbons (Fsp3) is 0.348. The summed E-state index contributed by atoms with van der Waals surface area (Å²) in [4.78, 5) is 39.3. The van der Waals surface area contributed by atoms with Gasteiger partial charge in [-0.05, 0) is 55.4 Å². The molecule has 3 rings (SSSR count). The molecule has 0 atom stereocenters. The lowest BCUT2D eigenvalue weighted by Gasteiger charge is -2.37. The summed E-state index contributed by atoms with van der Waals surface area (Å²) < 4.78 is 4.93. The first kappa shape index (κ1) is 24.1. The van der Waals surface area contributed by atoms with E-state index in [1.165, 1.54) is 12.1 Å². The van der Waals surface area contributed by atoms with Gasteiger partial charge in [-0.15, -0.1) is 0 Å². The number of hydrogen-bond acceptors (Lipinski definition) is 7. The predicted molar refractivity (Wildman–Crippen MR) is 129 cm³/mol. The van der Waals surface area contributed by atoms with Gasteiger partial charge in [0.05, 0.1) is 17.1 Å². The highest BCUT2D eigenvalue weighted by Gasteiger charge is 2.26. The lowest BCUT2D eigenvalue weighted by atomic mass is 10.1. The standard InChI is InChI=1S/C23H26N4O5S/c1-3-16-5-7-17(8-6-16)21(28)24-23(33)26-13-11-25(12-14-26)19-10-9-18(22(29)32-4-2)15-20(19)27(30)31/h5-10,15H,3-4,11-14H2,1-2H3,(H,24,28,33). The molecule has 0 saturated carbocycles. The van der Waals surface area contributed by atoms with Crippen LogP contribution in [0.5, 0.6) is 0 Å². The van der Waals surface area contributed by atoms with Crippen LogP contribution in [0, 0.1) is 10.1 Å². The number of nitrogens with zero attached hydrogens (tertiary/aromatic N) is 3. The number of benzene rings is 2.